The van der Waals surface area contributed by atoms with Gasteiger partial charge in [-0.3, -0.25) is 14.2 Å². The first kappa shape index (κ1) is 18.0. The molecular weight excluding hydrogens is 378 g/mol. The number of hydrogen-bond acceptors (Lipinski definition) is 4. The summed E-state index contributed by atoms with van der Waals surface area (Å²) in [6.07, 6.45) is 2.94. The Morgan fingerprint density at radius 3 is 2.68 bits per heavy atom. The van der Waals surface area contributed by atoms with Crippen LogP contribution >= 0.6 is 11.6 Å². The minimum Gasteiger partial charge on any atom is -0.467 e. The Bertz CT molecular complexity index is 1170. The van der Waals surface area contributed by atoms with E-state index in [4.69, 9.17) is 16.0 Å². The van der Waals surface area contributed by atoms with Gasteiger partial charge in [-0.1, -0.05) is 29.8 Å². The number of hydrogen-bond donors (Lipinski definition) is 0. The first-order valence-electron chi connectivity index (χ1n) is 8.64. The summed E-state index contributed by atoms with van der Waals surface area (Å²) in [7, 11) is 0. The SMILES string of the molecule is O=C(Cn1cnc2ccc(Cl)cc2c1=O)N(Cc1ccco1)c1ccccc1. The van der Waals surface area contributed by atoms with Gasteiger partial charge in [-0.15, -0.1) is 0 Å². The highest BCUT2D eigenvalue weighted by molar-refractivity contribution is 6.31. The average Bonchev–Trinajstić information content (AvgIpc) is 3.22. The van der Waals surface area contributed by atoms with Gasteiger partial charge in [0.2, 0.25) is 5.91 Å². The number of fused-ring (bicyclic) bond motifs is 1. The molecule has 0 aliphatic heterocycles. The Hall–Kier alpha value is -3.38. The van der Waals surface area contributed by atoms with Crippen LogP contribution in [0.5, 0.6) is 0 Å². The predicted octanol–water partition coefficient (Wildman–Crippen LogP) is 3.88. The summed E-state index contributed by atoms with van der Waals surface area (Å²) in [4.78, 5) is 31.7. The molecule has 4 aromatic rings. The zero-order valence-electron chi connectivity index (χ0n) is 14.8. The molecule has 4 rings (SSSR count). The van der Waals surface area contributed by atoms with E-state index in [0.29, 0.717) is 27.4 Å². The van der Waals surface area contributed by atoms with Crippen molar-refractivity contribution in [3.8, 4) is 0 Å². The molecule has 0 bridgehead atoms. The molecule has 7 heteroatoms. The first-order valence-corrected chi connectivity index (χ1v) is 9.02. The molecule has 0 spiro atoms. The molecule has 1 amide bonds. The van der Waals surface area contributed by atoms with Crippen LogP contribution in [0.1, 0.15) is 5.76 Å². The summed E-state index contributed by atoms with van der Waals surface area (Å²) >= 11 is 6.00. The van der Waals surface area contributed by atoms with Gasteiger partial charge in [0.05, 0.1) is 30.0 Å². The number of benzene rings is 2. The normalized spacial score (nSPS) is 10.9. The summed E-state index contributed by atoms with van der Waals surface area (Å²) in [6.45, 7) is 0.112. The Balaban J connectivity index is 1.67. The van der Waals surface area contributed by atoms with Crippen molar-refractivity contribution in [3.63, 3.8) is 0 Å². The van der Waals surface area contributed by atoms with Crippen LogP contribution in [0.3, 0.4) is 0 Å². The van der Waals surface area contributed by atoms with E-state index in [1.807, 2.05) is 30.3 Å². The zero-order chi connectivity index (χ0) is 19.5. The van der Waals surface area contributed by atoms with Crippen molar-refractivity contribution >= 4 is 34.1 Å². The Morgan fingerprint density at radius 2 is 1.93 bits per heavy atom. The number of nitrogens with zero attached hydrogens (tertiary/aromatic N) is 3. The monoisotopic (exact) mass is 393 g/mol. The van der Waals surface area contributed by atoms with E-state index >= 15 is 0 Å². The van der Waals surface area contributed by atoms with E-state index in [9.17, 15) is 9.59 Å². The fraction of sp³-hybridized carbons (Fsp3) is 0.0952. The van der Waals surface area contributed by atoms with E-state index in [1.54, 1.807) is 41.5 Å². The van der Waals surface area contributed by atoms with E-state index in [-0.39, 0.29) is 24.6 Å². The molecule has 28 heavy (non-hydrogen) atoms. The van der Waals surface area contributed by atoms with Gasteiger partial charge >= 0.3 is 0 Å². The van der Waals surface area contributed by atoms with E-state index in [2.05, 4.69) is 4.98 Å². The van der Waals surface area contributed by atoms with E-state index < -0.39 is 0 Å². The van der Waals surface area contributed by atoms with Crippen LogP contribution in [0, 0.1) is 0 Å². The number of rotatable bonds is 5. The molecule has 2 heterocycles. The third-order valence-corrected chi connectivity index (χ3v) is 4.59. The van der Waals surface area contributed by atoms with Gasteiger partial charge in [0, 0.05) is 10.7 Å². The van der Waals surface area contributed by atoms with Crippen molar-refractivity contribution in [1.29, 1.82) is 0 Å². The molecule has 2 aromatic heterocycles. The number of carbonyl (C=O) groups excluding carboxylic acids is 1. The summed E-state index contributed by atoms with van der Waals surface area (Å²) < 4.78 is 6.68. The Morgan fingerprint density at radius 1 is 1.11 bits per heavy atom. The minimum absolute atomic E-state index is 0.149. The molecule has 2 aromatic carbocycles. The fourth-order valence-electron chi connectivity index (χ4n) is 2.96. The zero-order valence-corrected chi connectivity index (χ0v) is 15.5. The van der Waals surface area contributed by atoms with Gasteiger partial charge in [-0.05, 0) is 42.5 Å². The van der Waals surface area contributed by atoms with Crippen LogP contribution in [-0.4, -0.2) is 15.5 Å². The average molecular weight is 394 g/mol. The molecule has 0 saturated heterocycles. The molecule has 0 radical (unpaired) electrons. The second kappa shape index (κ2) is 7.70. The summed E-state index contributed by atoms with van der Waals surface area (Å²) in [5, 5.41) is 0.819. The lowest BCUT2D eigenvalue weighted by atomic mass is 10.2. The van der Waals surface area contributed by atoms with Crippen LogP contribution in [0.25, 0.3) is 10.9 Å². The van der Waals surface area contributed by atoms with Gasteiger partial charge in [0.1, 0.15) is 12.3 Å². The molecule has 0 unspecified atom stereocenters. The maximum atomic E-state index is 13.1. The second-order valence-corrected chi connectivity index (χ2v) is 6.67. The highest BCUT2D eigenvalue weighted by Gasteiger charge is 2.19. The molecular formula is C21H16ClN3O3. The lowest BCUT2D eigenvalue weighted by Gasteiger charge is -2.22. The molecule has 140 valence electrons. The van der Waals surface area contributed by atoms with Crippen LogP contribution in [0.2, 0.25) is 5.02 Å². The summed E-state index contributed by atoms with van der Waals surface area (Å²) in [6, 6.07) is 17.7. The van der Waals surface area contributed by atoms with Crippen molar-refractivity contribution in [1.82, 2.24) is 9.55 Å². The summed E-state index contributed by atoms with van der Waals surface area (Å²) in [5.41, 5.74) is 0.939. The quantitative estimate of drug-likeness (QED) is 0.516. The minimum atomic E-state index is -0.313. The lowest BCUT2D eigenvalue weighted by molar-refractivity contribution is -0.119. The van der Waals surface area contributed by atoms with E-state index in [0.717, 1.165) is 0 Å². The van der Waals surface area contributed by atoms with Gasteiger partial charge < -0.3 is 9.32 Å². The van der Waals surface area contributed by atoms with Crippen LogP contribution in [0.4, 0.5) is 5.69 Å². The van der Waals surface area contributed by atoms with Crippen molar-refractivity contribution in [2.24, 2.45) is 0 Å². The van der Waals surface area contributed by atoms with Crippen LogP contribution in [0.15, 0.2) is 82.5 Å². The van der Waals surface area contributed by atoms with Crippen molar-refractivity contribution < 1.29 is 9.21 Å². The van der Waals surface area contributed by atoms with Gasteiger partial charge in [-0.25, -0.2) is 4.98 Å². The molecule has 0 atom stereocenters. The molecule has 0 aliphatic carbocycles. The Labute approximate surface area is 165 Å². The molecule has 6 nitrogen and oxygen atoms in total. The smallest absolute Gasteiger partial charge is 0.261 e. The van der Waals surface area contributed by atoms with Gasteiger partial charge in [-0.2, -0.15) is 0 Å². The number of anilines is 1. The molecule has 0 N–H and O–H groups in total. The number of aromatic nitrogens is 2. The second-order valence-electron chi connectivity index (χ2n) is 6.23. The van der Waals surface area contributed by atoms with E-state index in [1.165, 1.54) is 10.9 Å². The lowest BCUT2D eigenvalue weighted by Crippen LogP contribution is -2.36. The number of para-hydroxylation sites is 1. The maximum Gasteiger partial charge on any atom is 0.261 e. The molecule has 0 fully saturated rings. The number of amides is 1. The number of carbonyl (C=O) groups is 1. The third kappa shape index (κ3) is 3.68. The fourth-order valence-corrected chi connectivity index (χ4v) is 3.14. The predicted molar refractivity (Wildman–Crippen MR) is 107 cm³/mol. The van der Waals surface area contributed by atoms with Crippen molar-refractivity contribution in [2.45, 2.75) is 13.1 Å². The van der Waals surface area contributed by atoms with Crippen molar-refractivity contribution in [2.75, 3.05) is 4.90 Å². The maximum absolute atomic E-state index is 13.1. The Kier molecular flexibility index (Phi) is 4.95. The van der Waals surface area contributed by atoms with Crippen LogP contribution < -0.4 is 10.5 Å². The van der Waals surface area contributed by atoms with Crippen LogP contribution in [-0.2, 0) is 17.9 Å². The summed E-state index contributed by atoms with van der Waals surface area (Å²) in [5.74, 6) is 0.390. The van der Waals surface area contributed by atoms with Gasteiger partial charge in [0.25, 0.3) is 5.56 Å². The third-order valence-electron chi connectivity index (χ3n) is 4.35. The first-order chi connectivity index (χ1) is 13.6. The highest BCUT2D eigenvalue weighted by Crippen LogP contribution is 2.18. The highest BCUT2D eigenvalue weighted by atomic mass is 35.5. The molecule has 0 saturated carbocycles. The standard InChI is InChI=1S/C21H16ClN3O3/c22-15-8-9-19-18(11-15)21(27)24(14-23-19)13-20(26)25(12-17-7-4-10-28-17)16-5-2-1-3-6-16/h1-11,14H,12-13H2. The largest absolute Gasteiger partial charge is 0.467 e. The topological polar surface area (TPSA) is 68.3 Å². The number of halogens is 1. The molecule has 0 aliphatic rings. The number of furan rings is 1. The van der Waals surface area contributed by atoms with Crippen molar-refractivity contribution in [3.05, 3.63) is 94.4 Å². The van der Waals surface area contributed by atoms with Gasteiger partial charge in [0.15, 0.2) is 0 Å².